The standard InChI is InChI=1S/C29H46O2/c1-19(2)7-6-8-20(3)29(31)16-12-23-21-9-10-24-26(4,22(21)11-15-27(23,29)5)14-13-25(30)28(24)17-18-28/h7,10,20-23,25,30-31H,6,8-9,11-18H2,1-5H3/t20-,21-,22+,23+,25?,26-,27+,29+/m1/s1. The zero-order valence-corrected chi connectivity index (χ0v) is 20.7. The second-order valence-electron chi connectivity index (χ2n) is 13.0. The summed E-state index contributed by atoms with van der Waals surface area (Å²) in [5.74, 6) is 2.48. The zero-order chi connectivity index (χ0) is 22.2. The minimum absolute atomic E-state index is 0.0612. The maximum atomic E-state index is 12.1. The Morgan fingerprint density at radius 3 is 2.45 bits per heavy atom. The maximum Gasteiger partial charge on any atom is 0.0729 e. The zero-order valence-electron chi connectivity index (χ0n) is 20.7. The van der Waals surface area contributed by atoms with E-state index in [0.717, 1.165) is 43.9 Å². The molecular weight excluding hydrogens is 380 g/mol. The lowest BCUT2D eigenvalue weighted by molar-refractivity contribution is -0.151. The Bertz CT molecular complexity index is 787. The normalized spacial score (nSPS) is 48.3. The van der Waals surface area contributed by atoms with Gasteiger partial charge in [0.2, 0.25) is 0 Å². The number of hydrogen-bond donors (Lipinski definition) is 2. The largest absolute Gasteiger partial charge is 0.392 e. The molecule has 1 spiro atoms. The number of hydrogen-bond acceptors (Lipinski definition) is 2. The number of rotatable bonds is 4. The van der Waals surface area contributed by atoms with Crippen LogP contribution in [-0.4, -0.2) is 21.9 Å². The van der Waals surface area contributed by atoms with Crippen LogP contribution >= 0.6 is 0 Å². The maximum absolute atomic E-state index is 12.1. The van der Waals surface area contributed by atoms with Gasteiger partial charge in [-0.25, -0.2) is 0 Å². The smallest absolute Gasteiger partial charge is 0.0729 e. The Labute approximate surface area is 190 Å². The van der Waals surface area contributed by atoms with Crippen molar-refractivity contribution in [2.45, 2.75) is 117 Å². The molecule has 0 amide bonds. The van der Waals surface area contributed by atoms with Gasteiger partial charge in [0.05, 0.1) is 11.7 Å². The summed E-state index contributed by atoms with van der Waals surface area (Å²) in [7, 11) is 0. The van der Waals surface area contributed by atoms with Gasteiger partial charge in [-0.05, 0) is 119 Å². The fourth-order valence-electron chi connectivity index (χ4n) is 9.54. The molecule has 2 heteroatoms. The SMILES string of the molecule is CC(C)=CCC[C@@H](C)[C@@]1(O)CC[C@H]2[C@@H]3CC=C4C5(CC5)C(O)CC[C@]4(C)[C@H]3CC[C@@]21C. The lowest BCUT2D eigenvalue weighted by Gasteiger charge is -2.61. The van der Waals surface area contributed by atoms with Crippen molar-refractivity contribution in [1.29, 1.82) is 0 Å². The lowest BCUT2D eigenvalue weighted by atomic mass is 9.45. The fraction of sp³-hybridized carbons (Fsp3) is 0.862. The van der Waals surface area contributed by atoms with Crippen LogP contribution in [-0.2, 0) is 0 Å². The van der Waals surface area contributed by atoms with Crippen LogP contribution in [0.5, 0.6) is 0 Å². The van der Waals surface area contributed by atoms with Crippen LogP contribution in [0.2, 0.25) is 0 Å². The Morgan fingerprint density at radius 2 is 1.77 bits per heavy atom. The Morgan fingerprint density at radius 1 is 1.06 bits per heavy atom. The molecule has 0 aromatic carbocycles. The van der Waals surface area contributed by atoms with Gasteiger partial charge in [-0.2, -0.15) is 0 Å². The van der Waals surface area contributed by atoms with E-state index in [1.54, 1.807) is 5.57 Å². The van der Waals surface area contributed by atoms with Crippen molar-refractivity contribution >= 4 is 0 Å². The van der Waals surface area contributed by atoms with E-state index in [0.29, 0.717) is 11.8 Å². The van der Waals surface area contributed by atoms with Gasteiger partial charge in [0.25, 0.3) is 0 Å². The minimum Gasteiger partial charge on any atom is -0.392 e. The first kappa shape index (κ1) is 22.2. The molecule has 5 aliphatic carbocycles. The van der Waals surface area contributed by atoms with E-state index in [1.165, 1.54) is 44.1 Å². The summed E-state index contributed by atoms with van der Waals surface area (Å²) in [4.78, 5) is 0. The van der Waals surface area contributed by atoms with Crippen LogP contribution in [0.25, 0.3) is 0 Å². The van der Waals surface area contributed by atoms with Gasteiger partial charge in [-0.1, -0.05) is 44.1 Å². The van der Waals surface area contributed by atoms with Crippen LogP contribution < -0.4 is 0 Å². The highest BCUT2D eigenvalue weighted by Crippen LogP contribution is 2.73. The molecule has 8 atom stereocenters. The molecule has 5 rings (SSSR count). The van der Waals surface area contributed by atoms with Gasteiger partial charge >= 0.3 is 0 Å². The third kappa shape index (κ3) is 2.96. The van der Waals surface area contributed by atoms with E-state index in [-0.39, 0.29) is 22.3 Å². The summed E-state index contributed by atoms with van der Waals surface area (Å²) in [5, 5.41) is 22.9. The predicted molar refractivity (Wildman–Crippen MR) is 128 cm³/mol. The van der Waals surface area contributed by atoms with Gasteiger partial charge in [0, 0.05) is 5.41 Å². The third-order valence-electron chi connectivity index (χ3n) is 11.5. The molecular formula is C29H46O2. The summed E-state index contributed by atoms with van der Waals surface area (Å²) >= 11 is 0. The van der Waals surface area contributed by atoms with E-state index in [1.807, 2.05) is 0 Å². The molecule has 2 nitrogen and oxygen atoms in total. The summed E-state index contributed by atoms with van der Waals surface area (Å²) in [6.07, 6.45) is 17.4. The molecule has 4 saturated carbocycles. The Kier molecular flexibility index (Phi) is 5.16. The molecule has 1 unspecified atom stereocenters. The second-order valence-corrected chi connectivity index (χ2v) is 13.0. The highest BCUT2D eigenvalue weighted by Gasteiger charge is 2.67. The molecule has 0 heterocycles. The fourth-order valence-corrected chi connectivity index (χ4v) is 9.54. The van der Waals surface area contributed by atoms with Crippen LogP contribution in [0, 0.1) is 39.9 Å². The molecule has 0 aromatic heterocycles. The van der Waals surface area contributed by atoms with Gasteiger partial charge in [0.1, 0.15) is 0 Å². The van der Waals surface area contributed by atoms with Crippen molar-refractivity contribution in [1.82, 2.24) is 0 Å². The van der Waals surface area contributed by atoms with E-state index in [9.17, 15) is 10.2 Å². The molecule has 0 saturated heterocycles. The van der Waals surface area contributed by atoms with Crippen molar-refractivity contribution in [3.63, 3.8) is 0 Å². The van der Waals surface area contributed by atoms with Crippen molar-refractivity contribution in [2.75, 3.05) is 0 Å². The minimum atomic E-state index is -0.510. The molecule has 0 aliphatic heterocycles. The second kappa shape index (κ2) is 7.20. The average molecular weight is 427 g/mol. The summed E-state index contributed by atoms with van der Waals surface area (Å²) < 4.78 is 0. The number of aliphatic hydroxyl groups excluding tert-OH is 1. The molecule has 31 heavy (non-hydrogen) atoms. The Hall–Kier alpha value is -0.600. The van der Waals surface area contributed by atoms with Gasteiger partial charge in [0.15, 0.2) is 0 Å². The monoisotopic (exact) mass is 426 g/mol. The quantitative estimate of drug-likeness (QED) is 0.485. The van der Waals surface area contributed by atoms with Crippen LogP contribution in [0.15, 0.2) is 23.3 Å². The van der Waals surface area contributed by atoms with Crippen molar-refractivity contribution in [2.24, 2.45) is 39.9 Å². The third-order valence-corrected chi connectivity index (χ3v) is 11.5. The van der Waals surface area contributed by atoms with Gasteiger partial charge in [-0.3, -0.25) is 0 Å². The molecule has 2 N–H and O–H groups in total. The molecule has 0 aromatic rings. The first-order chi connectivity index (χ1) is 14.6. The molecule has 4 fully saturated rings. The van der Waals surface area contributed by atoms with Crippen LogP contribution in [0.1, 0.15) is 105 Å². The summed E-state index contributed by atoms with van der Waals surface area (Å²) in [6, 6.07) is 0. The molecule has 5 aliphatic rings. The van der Waals surface area contributed by atoms with Crippen molar-refractivity contribution in [3.05, 3.63) is 23.3 Å². The molecule has 0 bridgehead atoms. The Balaban J connectivity index is 1.41. The van der Waals surface area contributed by atoms with Crippen molar-refractivity contribution < 1.29 is 10.2 Å². The summed E-state index contributed by atoms with van der Waals surface area (Å²) in [5.41, 5.74) is 3.02. The van der Waals surface area contributed by atoms with Crippen molar-refractivity contribution in [3.8, 4) is 0 Å². The highest BCUT2D eigenvalue weighted by atomic mass is 16.3. The van der Waals surface area contributed by atoms with E-state index < -0.39 is 5.60 Å². The van der Waals surface area contributed by atoms with E-state index in [2.05, 4.69) is 46.8 Å². The van der Waals surface area contributed by atoms with E-state index in [4.69, 9.17) is 0 Å². The van der Waals surface area contributed by atoms with Gasteiger partial charge in [-0.15, -0.1) is 0 Å². The first-order valence-corrected chi connectivity index (χ1v) is 13.3. The molecule has 174 valence electrons. The topological polar surface area (TPSA) is 40.5 Å². The average Bonchev–Trinajstić information content (AvgIpc) is 3.45. The van der Waals surface area contributed by atoms with Crippen LogP contribution in [0.3, 0.4) is 0 Å². The lowest BCUT2D eigenvalue weighted by Crippen LogP contribution is -2.57. The number of aliphatic hydroxyl groups is 2. The van der Waals surface area contributed by atoms with E-state index >= 15 is 0 Å². The van der Waals surface area contributed by atoms with Gasteiger partial charge < -0.3 is 10.2 Å². The number of allylic oxidation sites excluding steroid dienone is 3. The predicted octanol–water partition coefficient (Wildman–Crippen LogP) is 6.81. The van der Waals surface area contributed by atoms with Crippen LogP contribution in [0.4, 0.5) is 0 Å². The highest BCUT2D eigenvalue weighted by molar-refractivity contribution is 5.37. The first-order valence-electron chi connectivity index (χ1n) is 13.3. The number of fused-ring (bicyclic) bond motifs is 6. The summed E-state index contributed by atoms with van der Waals surface area (Å²) in [6.45, 7) is 11.7. The molecule has 0 radical (unpaired) electrons.